The molecule has 4 rings (SSSR count). The maximum Gasteiger partial charge on any atom is 0.328 e. The van der Waals surface area contributed by atoms with Crippen molar-refractivity contribution in [3.8, 4) is 0 Å². The van der Waals surface area contributed by atoms with Crippen LogP contribution in [0, 0.1) is 0 Å². The standard InChI is InChI=1S/C17H19N7O4/c1-22-15(19-20-21-22)13-10-23(8-9-28-13)16(26)11-4-2-3-5-12(11)24-7-6-14(25)18-17(24)27/h2-5,13H,6-10H2,1H3,(H,18,25,27). The van der Waals surface area contributed by atoms with Gasteiger partial charge >= 0.3 is 6.03 Å². The maximum atomic E-state index is 13.2. The van der Waals surface area contributed by atoms with Crippen molar-refractivity contribution in [3.63, 3.8) is 0 Å². The summed E-state index contributed by atoms with van der Waals surface area (Å²) in [6.45, 7) is 1.29. The van der Waals surface area contributed by atoms with Gasteiger partial charge in [0.15, 0.2) is 5.82 Å². The summed E-state index contributed by atoms with van der Waals surface area (Å²) in [6.07, 6.45) is -0.242. The Hall–Kier alpha value is -3.34. The highest BCUT2D eigenvalue weighted by Gasteiger charge is 2.32. The molecule has 28 heavy (non-hydrogen) atoms. The van der Waals surface area contributed by atoms with Crippen molar-refractivity contribution in [2.45, 2.75) is 12.5 Å². The summed E-state index contributed by atoms with van der Waals surface area (Å²) in [4.78, 5) is 40.0. The van der Waals surface area contributed by atoms with Crippen LogP contribution in [0.2, 0.25) is 0 Å². The third kappa shape index (κ3) is 3.31. The van der Waals surface area contributed by atoms with Crippen LogP contribution in [0.5, 0.6) is 0 Å². The molecular formula is C17H19N7O4. The third-order valence-corrected chi connectivity index (χ3v) is 4.77. The number of carbonyl (C=O) groups excluding carboxylic acids is 3. The Labute approximate surface area is 160 Å². The molecule has 0 aliphatic carbocycles. The molecule has 3 heterocycles. The highest BCUT2D eigenvalue weighted by molar-refractivity contribution is 6.09. The minimum atomic E-state index is -0.526. The lowest BCUT2D eigenvalue weighted by Gasteiger charge is -2.34. The highest BCUT2D eigenvalue weighted by Crippen LogP contribution is 2.26. The topological polar surface area (TPSA) is 123 Å². The molecule has 0 radical (unpaired) electrons. The van der Waals surface area contributed by atoms with Crippen LogP contribution in [0.1, 0.15) is 28.7 Å². The summed E-state index contributed by atoms with van der Waals surface area (Å²) in [5.41, 5.74) is 0.865. The molecule has 0 spiro atoms. The van der Waals surface area contributed by atoms with E-state index in [9.17, 15) is 14.4 Å². The minimum absolute atomic E-state index is 0.188. The van der Waals surface area contributed by atoms with Gasteiger partial charge in [-0.05, 0) is 22.6 Å². The Bertz CT molecular complexity index is 928. The van der Waals surface area contributed by atoms with Gasteiger partial charge in [0.1, 0.15) is 6.10 Å². The van der Waals surface area contributed by atoms with E-state index in [1.54, 1.807) is 36.2 Å². The number of carbonyl (C=O) groups is 3. The van der Waals surface area contributed by atoms with Gasteiger partial charge in [-0.3, -0.25) is 19.8 Å². The van der Waals surface area contributed by atoms with E-state index in [1.807, 2.05) is 0 Å². The number of aromatic nitrogens is 4. The van der Waals surface area contributed by atoms with Crippen LogP contribution in [0.3, 0.4) is 0 Å². The Morgan fingerprint density at radius 1 is 1.25 bits per heavy atom. The normalized spacial score (nSPS) is 20.2. The largest absolute Gasteiger partial charge is 0.366 e. The molecule has 1 atom stereocenters. The Kier molecular flexibility index (Phi) is 4.74. The number of morpholine rings is 1. The number of ether oxygens (including phenoxy) is 1. The average molecular weight is 385 g/mol. The number of amides is 4. The van der Waals surface area contributed by atoms with Crippen molar-refractivity contribution in [1.82, 2.24) is 30.4 Å². The van der Waals surface area contributed by atoms with Gasteiger partial charge in [-0.1, -0.05) is 12.1 Å². The first-order chi connectivity index (χ1) is 13.5. The van der Waals surface area contributed by atoms with E-state index >= 15 is 0 Å². The Balaban J connectivity index is 1.57. The van der Waals surface area contributed by atoms with Crippen LogP contribution in [0.4, 0.5) is 10.5 Å². The van der Waals surface area contributed by atoms with Gasteiger partial charge in [-0.15, -0.1) is 5.10 Å². The molecule has 2 aliphatic heterocycles. The number of hydrogen-bond donors (Lipinski definition) is 1. The number of nitrogens with one attached hydrogen (secondary N) is 1. The van der Waals surface area contributed by atoms with E-state index in [-0.39, 0.29) is 24.8 Å². The van der Waals surface area contributed by atoms with Crippen LogP contribution in [-0.2, 0) is 16.6 Å². The summed E-state index contributed by atoms with van der Waals surface area (Å²) in [6, 6.07) is 6.35. The molecular weight excluding hydrogens is 366 g/mol. The third-order valence-electron chi connectivity index (χ3n) is 4.77. The quantitative estimate of drug-likeness (QED) is 0.781. The molecule has 1 aromatic carbocycles. The second-order valence-electron chi connectivity index (χ2n) is 6.54. The molecule has 0 bridgehead atoms. The first kappa shape index (κ1) is 18.0. The van der Waals surface area contributed by atoms with Crippen molar-refractivity contribution in [1.29, 1.82) is 0 Å². The van der Waals surface area contributed by atoms with Gasteiger partial charge in [0.2, 0.25) is 5.91 Å². The SMILES string of the molecule is Cn1nnnc1C1CN(C(=O)c2ccccc2N2CCC(=O)NC2=O)CCO1. The van der Waals surface area contributed by atoms with E-state index in [4.69, 9.17) is 4.74 Å². The fraction of sp³-hybridized carbons (Fsp3) is 0.412. The summed E-state index contributed by atoms with van der Waals surface area (Å²) in [7, 11) is 1.71. The second kappa shape index (κ2) is 7.35. The number of imide groups is 1. The lowest BCUT2D eigenvalue weighted by Crippen LogP contribution is -2.50. The molecule has 1 N–H and O–H groups in total. The summed E-state index contributed by atoms with van der Waals surface area (Å²) in [5.74, 6) is 0.00167. The van der Waals surface area contributed by atoms with E-state index in [0.717, 1.165) is 0 Å². The zero-order chi connectivity index (χ0) is 19.7. The molecule has 4 amide bonds. The number of benzene rings is 1. The number of hydrogen-bond acceptors (Lipinski definition) is 7. The molecule has 2 saturated heterocycles. The smallest absolute Gasteiger partial charge is 0.328 e. The van der Waals surface area contributed by atoms with Gasteiger partial charge < -0.3 is 9.64 Å². The van der Waals surface area contributed by atoms with Gasteiger partial charge in [0.05, 0.1) is 24.4 Å². The average Bonchev–Trinajstić information content (AvgIpc) is 3.14. The van der Waals surface area contributed by atoms with Crippen molar-refractivity contribution in [2.75, 3.05) is 31.1 Å². The van der Waals surface area contributed by atoms with E-state index in [2.05, 4.69) is 20.8 Å². The van der Waals surface area contributed by atoms with Crippen molar-refractivity contribution >= 4 is 23.5 Å². The van der Waals surface area contributed by atoms with Crippen LogP contribution in [0.15, 0.2) is 24.3 Å². The predicted molar refractivity (Wildman–Crippen MR) is 95.3 cm³/mol. The summed E-state index contributed by atoms with van der Waals surface area (Å²) in [5, 5.41) is 13.7. The molecule has 1 unspecified atom stereocenters. The monoisotopic (exact) mass is 385 g/mol. The second-order valence-corrected chi connectivity index (χ2v) is 6.54. The molecule has 1 aromatic heterocycles. The van der Waals surface area contributed by atoms with Crippen LogP contribution in [-0.4, -0.2) is 69.2 Å². The van der Waals surface area contributed by atoms with Gasteiger partial charge in [-0.25, -0.2) is 9.48 Å². The van der Waals surface area contributed by atoms with Crippen LogP contribution < -0.4 is 10.2 Å². The Morgan fingerprint density at radius 3 is 2.82 bits per heavy atom. The minimum Gasteiger partial charge on any atom is -0.366 e. The van der Waals surface area contributed by atoms with Gasteiger partial charge in [0.25, 0.3) is 5.91 Å². The highest BCUT2D eigenvalue weighted by atomic mass is 16.5. The molecule has 11 nitrogen and oxygen atoms in total. The molecule has 11 heteroatoms. The van der Waals surface area contributed by atoms with Gasteiger partial charge in [0, 0.05) is 26.6 Å². The van der Waals surface area contributed by atoms with E-state index < -0.39 is 12.1 Å². The first-order valence-corrected chi connectivity index (χ1v) is 8.88. The van der Waals surface area contributed by atoms with Crippen LogP contribution >= 0.6 is 0 Å². The number of aryl methyl sites for hydroxylation is 1. The van der Waals surface area contributed by atoms with Crippen molar-refractivity contribution in [2.24, 2.45) is 7.05 Å². The predicted octanol–water partition coefficient (Wildman–Crippen LogP) is -0.130. The first-order valence-electron chi connectivity index (χ1n) is 8.88. The molecule has 0 saturated carbocycles. The zero-order valence-electron chi connectivity index (χ0n) is 15.2. The number of para-hydroxylation sites is 1. The number of urea groups is 1. The fourth-order valence-corrected chi connectivity index (χ4v) is 3.35. The number of anilines is 1. The maximum absolute atomic E-state index is 13.2. The lowest BCUT2D eigenvalue weighted by molar-refractivity contribution is -0.120. The Morgan fingerprint density at radius 2 is 2.07 bits per heavy atom. The molecule has 2 fully saturated rings. The fourth-order valence-electron chi connectivity index (χ4n) is 3.35. The molecule has 2 aromatic rings. The summed E-state index contributed by atoms with van der Waals surface area (Å²) >= 11 is 0. The van der Waals surface area contributed by atoms with Crippen molar-refractivity contribution in [3.05, 3.63) is 35.7 Å². The summed E-state index contributed by atoms with van der Waals surface area (Å²) < 4.78 is 7.24. The van der Waals surface area contributed by atoms with Gasteiger partial charge in [-0.2, -0.15) is 0 Å². The van der Waals surface area contributed by atoms with E-state index in [0.29, 0.717) is 36.8 Å². The number of tetrazole rings is 1. The lowest BCUT2D eigenvalue weighted by atomic mass is 10.1. The molecule has 2 aliphatic rings. The number of nitrogens with zero attached hydrogens (tertiary/aromatic N) is 6. The van der Waals surface area contributed by atoms with Crippen LogP contribution in [0.25, 0.3) is 0 Å². The zero-order valence-corrected chi connectivity index (χ0v) is 15.2. The van der Waals surface area contributed by atoms with E-state index in [1.165, 1.54) is 9.58 Å². The van der Waals surface area contributed by atoms with Crippen molar-refractivity contribution < 1.29 is 19.1 Å². The molecule has 146 valence electrons. The number of rotatable bonds is 3.